The molecule has 5 nitrogen and oxygen atoms in total. The number of benzene rings is 1. The highest BCUT2D eigenvalue weighted by atomic mass is 19.4. The zero-order valence-electron chi connectivity index (χ0n) is 15.8. The lowest BCUT2D eigenvalue weighted by molar-refractivity contribution is -0.162. The van der Waals surface area contributed by atoms with Crippen molar-refractivity contribution in [3.05, 3.63) is 35.4 Å². The smallest absolute Gasteiger partial charge is 0.422 e. The summed E-state index contributed by atoms with van der Waals surface area (Å²) in [7, 11) is 0. The van der Waals surface area contributed by atoms with Crippen LogP contribution >= 0.6 is 0 Å². The van der Waals surface area contributed by atoms with Crippen LogP contribution in [0.4, 0.5) is 18.0 Å². The van der Waals surface area contributed by atoms with E-state index in [9.17, 15) is 22.8 Å². The van der Waals surface area contributed by atoms with Crippen molar-refractivity contribution >= 4 is 12.0 Å². The molecule has 3 rings (SSSR count). The first kappa shape index (κ1) is 20.5. The second-order valence-electron chi connectivity index (χ2n) is 7.67. The number of nitrogens with zero attached hydrogens (tertiary/aromatic N) is 1. The molecule has 2 aliphatic rings. The maximum Gasteiger partial charge on any atom is 0.422 e. The summed E-state index contributed by atoms with van der Waals surface area (Å²) in [6.07, 6.45) is -2.52. The third-order valence-electron chi connectivity index (χ3n) is 5.31. The zero-order valence-corrected chi connectivity index (χ0v) is 15.8. The highest BCUT2D eigenvalue weighted by Gasteiger charge is 2.36. The summed E-state index contributed by atoms with van der Waals surface area (Å²) in [4.78, 5) is 25.7. The number of likely N-dealkylation sites (tertiary alicyclic amines) is 1. The number of rotatable bonds is 5. The SMILES string of the molecule is Cc1ccc([C@@H](NC(=O)C2CCN(C(=O)OCC(F)(F)F)CC2)C2CC2)cc1. The summed E-state index contributed by atoms with van der Waals surface area (Å²) >= 11 is 0. The molecular weight excluding hydrogens is 373 g/mol. The third kappa shape index (κ3) is 5.62. The van der Waals surface area contributed by atoms with Crippen molar-refractivity contribution in [3.63, 3.8) is 0 Å². The Morgan fingerprint density at radius 1 is 1.14 bits per heavy atom. The van der Waals surface area contributed by atoms with E-state index in [1.807, 2.05) is 31.2 Å². The average Bonchev–Trinajstić information content (AvgIpc) is 3.49. The molecule has 1 heterocycles. The molecule has 28 heavy (non-hydrogen) atoms. The van der Waals surface area contributed by atoms with E-state index < -0.39 is 18.9 Å². The maximum absolute atomic E-state index is 12.7. The van der Waals surface area contributed by atoms with E-state index in [1.54, 1.807) is 0 Å². The van der Waals surface area contributed by atoms with Crippen LogP contribution in [0.15, 0.2) is 24.3 Å². The number of carbonyl (C=O) groups excluding carboxylic acids is 2. The maximum atomic E-state index is 12.7. The minimum absolute atomic E-state index is 0.0112. The van der Waals surface area contributed by atoms with Crippen molar-refractivity contribution in [2.24, 2.45) is 11.8 Å². The fraction of sp³-hybridized carbons (Fsp3) is 0.600. The number of aryl methyl sites for hydroxylation is 1. The predicted molar refractivity (Wildman–Crippen MR) is 96.5 cm³/mol. The standard InChI is InChI=1S/C20H25F3N2O3/c1-13-2-4-14(5-3-13)17(15-6-7-15)24-18(26)16-8-10-25(11-9-16)19(27)28-12-20(21,22)23/h2-5,15-17H,6-12H2,1H3,(H,24,26)/t17-/m1/s1. The van der Waals surface area contributed by atoms with Gasteiger partial charge in [0.1, 0.15) is 0 Å². The van der Waals surface area contributed by atoms with Crippen LogP contribution in [-0.4, -0.2) is 42.8 Å². The molecule has 1 saturated heterocycles. The Morgan fingerprint density at radius 2 is 1.75 bits per heavy atom. The largest absolute Gasteiger partial charge is 0.440 e. The molecule has 8 heteroatoms. The van der Waals surface area contributed by atoms with Gasteiger partial charge >= 0.3 is 12.3 Å². The number of halogens is 3. The van der Waals surface area contributed by atoms with Gasteiger partial charge in [0.2, 0.25) is 5.91 Å². The minimum Gasteiger partial charge on any atom is -0.440 e. The van der Waals surface area contributed by atoms with Gasteiger partial charge in [-0.2, -0.15) is 13.2 Å². The lowest BCUT2D eigenvalue weighted by Gasteiger charge is -2.31. The first-order valence-corrected chi connectivity index (χ1v) is 9.58. The van der Waals surface area contributed by atoms with E-state index >= 15 is 0 Å². The van der Waals surface area contributed by atoms with Crippen LogP contribution in [0.2, 0.25) is 0 Å². The molecule has 154 valence electrons. The van der Waals surface area contributed by atoms with Gasteiger partial charge in [-0.1, -0.05) is 29.8 Å². The van der Waals surface area contributed by atoms with Crippen molar-refractivity contribution in [1.29, 1.82) is 0 Å². The van der Waals surface area contributed by atoms with E-state index in [0.29, 0.717) is 18.8 Å². The Bertz CT molecular complexity index is 694. The lowest BCUT2D eigenvalue weighted by atomic mass is 9.94. The number of hydrogen-bond acceptors (Lipinski definition) is 3. The second-order valence-corrected chi connectivity index (χ2v) is 7.67. The topological polar surface area (TPSA) is 58.6 Å². The molecule has 0 bridgehead atoms. The summed E-state index contributed by atoms with van der Waals surface area (Å²) < 4.78 is 40.7. The summed E-state index contributed by atoms with van der Waals surface area (Å²) in [6, 6.07) is 8.13. The minimum atomic E-state index is -4.54. The molecule has 1 aromatic rings. The number of nitrogens with one attached hydrogen (secondary N) is 1. The molecule has 1 N–H and O–H groups in total. The summed E-state index contributed by atoms with van der Waals surface area (Å²) in [5.41, 5.74) is 2.25. The normalized spacial score (nSPS) is 19.2. The van der Waals surface area contributed by atoms with E-state index in [-0.39, 0.29) is 31.0 Å². The van der Waals surface area contributed by atoms with Gasteiger partial charge in [0.15, 0.2) is 6.61 Å². The Hall–Kier alpha value is -2.25. The van der Waals surface area contributed by atoms with Crippen molar-refractivity contribution in [1.82, 2.24) is 10.2 Å². The van der Waals surface area contributed by atoms with Crippen molar-refractivity contribution in [3.8, 4) is 0 Å². The van der Waals surface area contributed by atoms with Crippen LogP contribution in [0, 0.1) is 18.8 Å². The van der Waals surface area contributed by atoms with Gasteiger partial charge < -0.3 is 15.0 Å². The fourth-order valence-corrected chi connectivity index (χ4v) is 3.51. The number of alkyl halides is 3. The van der Waals surface area contributed by atoms with Crippen LogP contribution in [0.1, 0.15) is 42.9 Å². The van der Waals surface area contributed by atoms with Crippen LogP contribution < -0.4 is 5.32 Å². The molecule has 1 aromatic carbocycles. The molecule has 1 atom stereocenters. The summed E-state index contributed by atoms with van der Waals surface area (Å²) in [5.74, 6) is 0.142. The van der Waals surface area contributed by atoms with Crippen LogP contribution in [0.5, 0.6) is 0 Å². The first-order chi connectivity index (χ1) is 13.2. The van der Waals surface area contributed by atoms with Gasteiger partial charge in [0, 0.05) is 19.0 Å². The predicted octanol–water partition coefficient (Wildman–Crippen LogP) is 3.97. The van der Waals surface area contributed by atoms with Gasteiger partial charge in [0.05, 0.1) is 6.04 Å². The van der Waals surface area contributed by atoms with Gasteiger partial charge in [-0.25, -0.2) is 4.79 Å². The van der Waals surface area contributed by atoms with Gasteiger partial charge in [-0.05, 0) is 44.1 Å². The van der Waals surface area contributed by atoms with E-state index in [1.165, 1.54) is 4.90 Å². The Kier molecular flexibility index (Phi) is 6.15. The van der Waals surface area contributed by atoms with Crippen LogP contribution in [0.3, 0.4) is 0 Å². The lowest BCUT2D eigenvalue weighted by Crippen LogP contribution is -2.44. The molecule has 0 aromatic heterocycles. The van der Waals surface area contributed by atoms with E-state index in [4.69, 9.17) is 0 Å². The molecular formula is C20H25F3N2O3. The van der Waals surface area contributed by atoms with Crippen LogP contribution in [0.25, 0.3) is 0 Å². The molecule has 2 amide bonds. The third-order valence-corrected chi connectivity index (χ3v) is 5.31. The Morgan fingerprint density at radius 3 is 2.29 bits per heavy atom. The first-order valence-electron chi connectivity index (χ1n) is 9.58. The molecule has 1 aliphatic carbocycles. The molecule has 0 spiro atoms. The van der Waals surface area contributed by atoms with Crippen LogP contribution in [-0.2, 0) is 9.53 Å². The van der Waals surface area contributed by atoms with Crippen molar-refractivity contribution < 1.29 is 27.5 Å². The van der Waals surface area contributed by atoms with Gasteiger partial charge in [0.25, 0.3) is 0 Å². The molecule has 1 aliphatic heterocycles. The fourth-order valence-electron chi connectivity index (χ4n) is 3.51. The van der Waals surface area contributed by atoms with E-state index in [0.717, 1.165) is 24.0 Å². The Balaban J connectivity index is 1.50. The monoisotopic (exact) mass is 398 g/mol. The van der Waals surface area contributed by atoms with E-state index in [2.05, 4.69) is 10.1 Å². The summed E-state index contributed by atoms with van der Waals surface area (Å²) in [5, 5.41) is 3.15. The number of hydrogen-bond donors (Lipinski definition) is 1. The number of ether oxygens (including phenoxy) is 1. The molecule has 2 fully saturated rings. The second kappa shape index (κ2) is 8.41. The van der Waals surface area contributed by atoms with Gasteiger partial charge in [-0.3, -0.25) is 4.79 Å². The van der Waals surface area contributed by atoms with Crippen molar-refractivity contribution in [2.45, 2.75) is 44.8 Å². The summed E-state index contributed by atoms with van der Waals surface area (Å²) in [6.45, 7) is 0.856. The quantitative estimate of drug-likeness (QED) is 0.817. The zero-order chi connectivity index (χ0) is 20.3. The molecule has 0 radical (unpaired) electrons. The molecule has 1 saturated carbocycles. The number of carbonyl (C=O) groups is 2. The number of amides is 2. The average molecular weight is 398 g/mol. The highest BCUT2D eigenvalue weighted by molar-refractivity contribution is 5.79. The highest BCUT2D eigenvalue weighted by Crippen LogP contribution is 2.41. The number of piperidine rings is 1. The van der Waals surface area contributed by atoms with Crippen molar-refractivity contribution in [2.75, 3.05) is 19.7 Å². The molecule has 0 unspecified atom stereocenters. The Labute approximate surface area is 162 Å². The van der Waals surface area contributed by atoms with Gasteiger partial charge in [-0.15, -0.1) is 0 Å².